The van der Waals surface area contributed by atoms with Gasteiger partial charge < -0.3 is 15.2 Å². The minimum absolute atomic E-state index is 0.206. The molecular weight excluding hydrogens is 190 g/mol. The summed E-state index contributed by atoms with van der Waals surface area (Å²) in [4.78, 5) is 0. The summed E-state index contributed by atoms with van der Waals surface area (Å²) in [5, 5.41) is 13.1. The smallest absolute Gasteiger partial charge is 0.0669 e. The molecule has 0 aliphatic carbocycles. The first-order chi connectivity index (χ1) is 6.97. The predicted molar refractivity (Wildman–Crippen MR) is 61.9 cm³/mol. The first-order valence-electron chi connectivity index (χ1n) is 5.94. The van der Waals surface area contributed by atoms with Crippen LogP contribution in [-0.4, -0.2) is 37.5 Å². The Balaban J connectivity index is 2.03. The third-order valence-electron chi connectivity index (χ3n) is 2.68. The molecule has 2 atom stereocenters. The molecular formula is C12H25NO2. The lowest BCUT2D eigenvalue weighted by molar-refractivity contribution is 0.118. The van der Waals surface area contributed by atoms with Crippen LogP contribution in [0, 0.1) is 11.3 Å². The molecule has 2 unspecified atom stereocenters. The van der Waals surface area contributed by atoms with E-state index in [4.69, 9.17) is 4.74 Å². The van der Waals surface area contributed by atoms with Crippen LogP contribution in [0.3, 0.4) is 0 Å². The molecule has 1 aliphatic heterocycles. The molecule has 0 amide bonds. The Labute approximate surface area is 93.2 Å². The summed E-state index contributed by atoms with van der Waals surface area (Å²) in [7, 11) is 0. The van der Waals surface area contributed by atoms with E-state index in [1.807, 2.05) is 0 Å². The van der Waals surface area contributed by atoms with E-state index in [1.54, 1.807) is 0 Å². The number of ether oxygens (including phenoxy) is 1. The summed E-state index contributed by atoms with van der Waals surface area (Å²) in [6, 6.07) is 0. The average molecular weight is 215 g/mol. The second-order valence-electron chi connectivity index (χ2n) is 5.81. The molecule has 0 aromatic rings. The van der Waals surface area contributed by atoms with Crippen LogP contribution in [0.1, 0.15) is 33.6 Å². The van der Waals surface area contributed by atoms with Crippen molar-refractivity contribution in [3.8, 4) is 0 Å². The molecule has 15 heavy (non-hydrogen) atoms. The van der Waals surface area contributed by atoms with Gasteiger partial charge in [0.2, 0.25) is 0 Å². The molecule has 1 heterocycles. The fourth-order valence-corrected chi connectivity index (χ4v) is 1.98. The van der Waals surface area contributed by atoms with Gasteiger partial charge in [0, 0.05) is 19.7 Å². The van der Waals surface area contributed by atoms with Gasteiger partial charge in [-0.15, -0.1) is 0 Å². The summed E-state index contributed by atoms with van der Waals surface area (Å²) >= 11 is 0. The van der Waals surface area contributed by atoms with Crippen molar-refractivity contribution in [2.45, 2.75) is 39.7 Å². The van der Waals surface area contributed by atoms with Crippen molar-refractivity contribution in [3.05, 3.63) is 0 Å². The van der Waals surface area contributed by atoms with Crippen molar-refractivity contribution in [1.82, 2.24) is 5.32 Å². The highest BCUT2D eigenvalue weighted by molar-refractivity contribution is 4.72. The first kappa shape index (κ1) is 12.9. The quantitative estimate of drug-likeness (QED) is 0.728. The van der Waals surface area contributed by atoms with Crippen LogP contribution in [0.5, 0.6) is 0 Å². The van der Waals surface area contributed by atoms with E-state index in [-0.39, 0.29) is 11.5 Å². The lowest BCUT2D eigenvalue weighted by Crippen LogP contribution is -2.33. The van der Waals surface area contributed by atoms with Gasteiger partial charge in [-0.25, -0.2) is 0 Å². The van der Waals surface area contributed by atoms with Crippen LogP contribution in [0.25, 0.3) is 0 Å². The largest absolute Gasteiger partial charge is 0.392 e. The van der Waals surface area contributed by atoms with Crippen molar-refractivity contribution in [2.75, 3.05) is 26.3 Å². The zero-order valence-electron chi connectivity index (χ0n) is 10.3. The van der Waals surface area contributed by atoms with Gasteiger partial charge >= 0.3 is 0 Å². The second kappa shape index (κ2) is 5.83. The zero-order valence-corrected chi connectivity index (χ0v) is 10.3. The van der Waals surface area contributed by atoms with E-state index in [9.17, 15) is 5.11 Å². The number of nitrogens with one attached hydrogen (secondary N) is 1. The fourth-order valence-electron chi connectivity index (χ4n) is 1.98. The minimum Gasteiger partial charge on any atom is -0.392 e. The van der Waals surface area contributed by atoms with E-state index < -0.39 is 0 Å². The van der Waals surface area contributed by atoms with E-state index in [2.05, 4.69) is 26.1 Å². The monoisotopic (exact) mass is 215 g/mol. The number of hydrogen-bond acceptors (Lipinski definition) is 3. The third kappa shape index (κ3) is 6.13. The van der Waals surface area contributed by atoms with Gasteiger partial charge in [-0.05, 0) is 24.2 Å². The normalized spacial score (nSPS) is 24.4. The lowest BCUT2D eigenvalue weighted by Gasteiger charge is -2.22. The first-order valence-corrected chi connectivity index (χ1v) is 5.94. The van der Waals surface area contributed by atoms with Crippen LogP contribution in [0.4, 0.5) is 0 Å². The maximum Gasteiger partial charge on any atom is 0.0669 e. The Morgan fingerprint density at radius 1 is 1.47 bits per heavy atom. The van der Waals surface area contributed by atoms with Crippen molar-refractivity contribution in [1.29, 1.82) is 0 Å². The molecule has 1 aliphatic rings. The van der Waals surface area contributed by atoms with Gasteiger partial charge in [-0.1, -0.05) is 20.8 Å². The fraction of sp³-hybridized carbons (Fsp3) is 1.00. The van der Waals surface area contributed by atoms with Crippen LogP contribution in [0.2, 0.25) is 0 Å². The highest BCUT2D eigenvalue weighted by Gasteiger charge is 2.18. The maximum absolute atomic E-state index is 9.76. The van der Waals surface area contributed by atoms with Gasteiger partial charge in [0.1, 0.15) is 0 Å². The van der Waals surface area contributed by atoms with Gasteiger partial charge in [0.15, 0.2) is 0 Å². The van der Waals surface area contributed by atoms with Gasteiger partial charge in [0.05, 0.1) is 12.7 Å². The Kier molecular flexibility index (Phi) is 5.03. The molecule has 1 rings (SSSR count). The Bertz CT molecular complexity index is 171. The zero-order chi connectivity index (χ0) is 11.3. The SMILES string of the molecule is CC(C)(C)CC(O)CNCC1CCOC1. The number of aliphatic hydroxyl groups is 1. The Hall–Kier alpha value is -0.120. The van der Waals surface area contributed by atoms with Crippen molar-refractivity contribution < 1.29 is 9.84 Å². The number of hydrogen-bond donors (Lipinski definition) is 2. The van der Waals surface area contributed by atoms with Crippen molar-refractivity contribution in [2.24, 2.45) is 11.3 Å². The van der Waals surface area contributed by atoms with E-state index in [0.717, 1.165) is 32.6 Å². The third-order valence-corrected chi connectivity index (χ3v) is 2.68. The van der Waals surface area contributed by atoms with Gasteiger partial charge in [0.25, 0.3) is 0 Å². The molecule has 3 nitrogen and oxygen atoms in total. The Morgan fingerprint density at radius 2 is 2.20 bits per heavy atom. The lowest BCUT2D eigenvalue weighted by atomic mass is 9.89. The maximum atomic E-state index is 9.76. The van der Waals surface area contributed by atoms with Gasteiger partial charge in [-0.2, -0.15) is 0 Å². The molecule has 3 heteroatoms. The van der Waals surface area contributed by atoms with E-state index in [0.29, 0.717) is 12.5 Å². The van der Waals surface area contributed by atoms with Crippen LogP contribution in [-0.2, 0) is 4.74 Å². The molecule has 0 bridgehead atoms. The van der Waals surface area contributed by atoms with Crippen LogP contribution in [0.15, 0.2) is 0 Å². The number of rotatable bonds is 5. The molecule has 2 N–H and O–H groups in total. The molecule has 0 radical (unpaired) electrons. The van der Waals surface area contributed by atoms with Crippen LogP contribution >= 0.6 is 0 Å². The predicted octanol–water partition coefficient (Wildman–Crippen LogP) is 1.41. The van der Waals surface area contributed by atoms with Gasteiger partial charge in [-0.3, -0.25) is 0 Å². The second-order valence-corrected chi connectivity index (χ2v) is 5.81. The highest BCUT2D eigenvalue weighted by atomic mass is 16.5. The molecule has 0 spiro atoms. The average Bonchev–Trinajstić information content (AvgIpc) is 2.53. The van der Waals surface area contributed by atoms with E-state index in [1.165, 1.54) is 0 Å². The van der Waals surface area contributed by atoms with Crippen molar-refractivity contribution in [3.63, 3.8) is 0 Å². The topological polar surface area (TPSA) is 41.5 Å². The van der Waals surface area contributed by atoms with Crippen LogP contribution < -0.4 is 5.32 Å². The summed E-state index contributed by atoms with van der Waals surface area (Å²) in [6.07, 6.45) is 1.77. The number of aliphatic hydroxyl groups excluding tert-OH is 1. The standard InChI is InChI=1S/C12H25NO2/c1-12(2,3)6-11(14)8-13-7-10-4-5-15-9-10/h10-11,13-14H,4-9H2,1-3H3. The molecule has 1 saturated heterocycles. The summed E-state index contributed by atoms with van der Waals surface area (Å²) in [5.74, 6) is 0.645. The highest BCUT2D eigenvalue weighted by Crippen LogP contribution is 2.20. The summed E-state index contributed by atoms with van der Waals surface area (Å²) < 4.78 is 5.29. The molecule has 1 fully saturated rings. The Morgan fingerprint density at radius 3 is 2.73 bits per heavy atom. The molecule has 0 saturated carbocycles. The molecule has 0 aromatic carbocycles. The minimum atomic E-state index is -0.229. The summed E-state index contributed by atoms with van der Waals surface area (Å²) in [5.41, 5.74) is 0.206. The molecule has 0 aromatic heterocycles. The van der Waals surface area contributed by atoms with E-state index >= 15 is 0 Å². The van der Waals surface area contributed by atoms with Crippen molar-refractivity contribution >= 4 is 0 Å². The molecule has 90 valence electrons. The summed E-state index contributed by atoms with van der Waals surface area (Å²) in [6.45, 7) is 9.91.